The van der Waals surface area contributed by atoms with E-state index in [4.69, 9.17) is 10.3 Å². The summed E-state index contributed by atoms with van der Waals surface area (Å²) in [6, 6.07) is 12.9. The molecule has 0 saturated carbocycles. The molecule has 2 aromatic heterocycles. The first kappa shape index (κ1) is 13.0. The zero-order valence-corrected chi connectivity index (χ0v) is 12.0. The largest absolute Gasteiger partial charge is 0.337 e. The first-order chi connectivity index (χ1) is 9.74. The summed E-state index contributed by atoms with van der Waals surface area (Å²) in [6.45, 7) is 0. The number of hydrogen-bond acceptors (Lipinski definition) is 5. The number of hydrogen-bond donors (Lipinski definition) is 1. The number of rotatable bonds is 3. The first-order valence-electron chi connectivity index (χ1n) is 6.00. The molecule has 5 nitrogen and oxygen atoms in total. The maximum Gasteiger partial charge on any atom is 0.248 e. The van der Waals surface area contributed by atoms with Gasteiger partial charge < -0.3 is 10.3 Å². The zero-order valence-electron chi connectivity index (χ0n) is 10.4. The number of halogens is 1. The number of nitrogens with two attached hydrogens (primary N) is 1. The summed E-state index contributed by atoms with van der Waals surface area (Å²) in [6.07, 6.45) is 1.68. The summed E-state index contributed by atoms with van der Waals surface area (Å²) in [4.78, 5) is 8.53. The quantitative estimate of drug-likeness (QED) is 0.798. The van der Waals surface area contributed by atoms with Gasteiger partial charge in [0, 0.05) is 10.7 Å². The highest BCUT2D eigenvalue weighted by Gasteiger charge is 2.17. The van der Waals surface area contributed by atoms with Crippen molar-refractivity contribution in [3.63, 3.8) is 0 Å². The van der Waals surface area contributed by atoms with Crippen molar-refractivity contribution in [1.82, 2.24) is 15.1 Å². The van der Waals surface area contributed by atoms with Crippen molar-refractivity contribution < 1.29 is 4.52 Å². The van der Waals surface area contributed by atoms with E-state index in [1.807, 2.05) is 42.5 Å². The van der Waals surface area contributed by atoms with E-state index in [0.29, 0.717) is 17.4 Å². The molecule has 3 rings (SSSR count). The highest BCUT2D eigenvalue weighted by molar-refractivity contribution is 9.10. The molecular weight excluding hydrogens is 320 g/mol. The van der Waals surface area contributed by atoms with Crippen molar-refractivity contribution in [3.05, 3.63) is 64.6 Å². The minimum absolute atomic E-state index is 0.371. The van der Waals surface area contributed by atoms with E-state index in [1.165, 1.54) is 0 Å². The average Bonchev–Trinajstić information content (AvgIpc) is 2.98. The summed E-state index contributed by atoms with van der Waals surface area (Å²) in [7, 11) is 0. The third kappa shape index (κ3) is 2.61. The molecule has 2 heterocycles. The number of nitrogens with zero attached hydrogens (tertiary/aromatic N) is 3. The van der Waals surface area contributed by atoms with Crippen LogP contribution in [0.1, 0.15) is 17.5 Å². The van der Waals surface area contributed by atoms with Gasteiger partial charge in [0.2, 0.25) is 11.7 Å². The molecule has 0 radical (unpaired) electrons. The molecule has 2 N–H and O–H groups in total. The van der Waals surface area contributed by atoms with Crippen LogP contribution >= 0.6 is 15.9 Å². The summed E-state index contributed by atoms with van der Waals surface area (Å²) >= 11 is 3.33. The molecule has 0 aliphatic rings. The standard InChI is InChI=1S/C14H11BrN4O/c15-10-6-7-11(17-8-10)13-18-14(20-19-13)12(16)9-4-2-1-3-5-9/h1-8,12H,16H2. The molecule has 0 amide bonds. The predicted octanol–water partition coefficient (Wildman–Crippen LogP) is 2.94. The Bertz CT molecular complexity index is 697. The van der Waals surface area contributed by atoms with E-state index in [9.17, 15) is 0 Å². The maximum absolute atomic E-state index is 6.11. The average molecular weight is 331 g/mol. The Kier molecular flexibility index (Phi) is 3.58. The molecule has 0 aliphatic carbocycles. The lowest BCUT2D eigenvalue weighted by Gasteiger charge is -2.05. The molecule has 0 fully saturated rings. The fourth-order valence-electron chi connectivity index (χ4n) is 1.78. The van der Waals surface area contributed by atoms with E-state index in [1.54, 1.807) is 6.20 Å². The minimum atomic E-state index is -0.437. The van der Waals surface area contributed by atoms with Gasteiger partial charge in [0.1, 0.15) is 11.7 Å². The van der Waals surface area contributed by atoms with Gasteiger partial charge in [-0.1, -0.05) is 35.5 Å². The van der Waals surface area contributed by atoms with Crippen LogP contribution in [0.3, 0.4) is 0 Å². The van der Waals surface area contributed by atoms with Crippen LogP contribution in [0.4, 0.5) is 0 Å². The molecule has 0 spiro atoms. The van der Waals surface area contributed by atoms with Crippen LogP contribution in [0.5, 0.6) is 0 Å². The summed E-state index contributed by atoms with van der Waals surface area (Å²) in [5.41, 5.74) is 7.67. The second kappa shape index (κ2) is 5.52. The molecule has 20 heavy (non-hydrogen) atoms. The van der Waals surface area contributed by atoms with Crippen LogP contribution in [-0.2, 0) is 0 Å². The van der Waals surface area contributed by atoms with Crippen LogP contribution in [0, 0.1) is 0 Å². The molecule has 0 saturated heterocycles. The van der Waals surface area contributed by atoms with Gasteiger partial charge in [-0.05, 0) is 33.6 Å². The van der Waals surface area contributed by atoms with Crippen LogP contribution in [0.15, 0.2) is 57.7 Å². The van der Waals surface area contributed by atoms with E-state index in [-0.39, 0.29) is 0 Å². The Hall–Kier alpha value is -2.05. The smallest absolute Gasteiger partial charge is 0.248 e. The number of pyridine rings is 1. The first-order valence-corrected chi connectivity index (χ1v) is 6.79. The lowest BCUT2D eigenvalue weighted by molar-refractivity contribution is 0.367. The van der Waals surface area contributed by atoms with Gasteiger partial charge >= 0.3 is 0 Å². The fraction of sp³-hybridized carbons (Fsp3) is 0.0714. The van der Waals surface area contributed by atoms with Crippen molar-refractivity contribution in [2.75, 3.05) is 0 Å². The van der Waals surface area contributed by atoms with Gasteiger partial charge in [-0.25, -0.2) is 0 Å². The van der Waals surface area contributed by atoms with Crippen LogP contribution in [0.25, 0.3) is 11.5 Å². The predicted molar refractivity (Wildman–Crippen MR) is 77.7 cm³/mol. The van der Waals surface area contributed by atoms with E-state index < -0.39 is 6.04 Å². The summed E-state index contributed by atoms with van der Waals surface area (Å²) in [5.74, 6) is 0.801. The van der Waals surface area contributed by atoms with Gasteiger partial charge in [-0.2, -0.15) is 4.98 Å². The molecule has 100 valence electrons. The number of benzene rings is 1. The van der Waals surface area contributed by atoms with Crippen molar-refractivity contribution in [2.24, 2.45) is 5.73 Å². The van der Waals surface area contributed by atoms with E-state index in [2.05, 4.69) is 31.1 Å². The zero-order chi connectivity index (χ0) is 13.9. The SMILES string of the molecule is NC(c1ccccc1)c1nc(-c2ccc(Br)cn2)no1. The lowest BCUT2D eigenvalue weighted by Crippen LogP contribution is -2.11. The molecule has 1 aromatic carbocycles. The molecule has 6 heteroatoms. The molecule has 1 unspecified atom stereocenters. The Morgan fingerprint density at radius 2 is 1.90 bits per heavy atom. The highest BCUT2D eigenvalue weighted by Crippen LogP contribution is 2.21. The Morgan fingerprint density at radius 1 is 1.10 bits per heavy atom. The van der Waals surface area contributed by atoms with Crippen molar-refractivity contribution in [1.29, 1.82) is 0 Å². The third-order valence-corrected chi connectivity index (χ3v) is 3.29. The normalized spacial score (nSPS) is 12.3. The number of aromatic nitrogens is 3. The highest BCUT2D eigenvalue weighted by atomic mass is 79.9. The van der Waals surface area contributed by atoms with Gasteiger partial charge in [0.15, 0.2) is 0 Å². The molecule has 1 atom stereocenters. The monoisotopic (exact) mass is 330 g/mol. The fourth-order valence-corrected chi connectivity index (χ4v) is 2.01. The van der Waals surface area contributed by atoms with Crippen molar-refractivity contribution >= 4 is 15.9 Å². The van der Waals surface area contributed by atoms with Gasteiger partial charge in [-0.15, -0.1) is 0 Å². The molecule has 0 aliphatic heterocycles. The summed E-state index contributed by atoms with van der Waals surface area (Å²) < 4.78 is 6.12. The van der Waals surface area contributed by atoms with Crippen molar-refractivity contribution in [2.45, 2.75) is 6.04 Å². The van der Waals surface area contributed by atoms with Crippen LogP contribution in [0.2, 0.25) is 0 Å². The van der Waals surface area contributed by atoms with Gasteiger partial charge in [0.25, 0.3) is 0 Å². The molecular formula is C14H11BrN4O. The molecule has 3 aromatic rings. The summed E-state index contributed by atoms with van der Waals surface area (Å²) in [5, 5.41) is 3.92. The Balaban J connectivity index is 1.89. The second-order valence-corrected chi connectivity index (χ2v) is 5.12. The minimum Gasteiger partial charge on any atom is -0.337 e. The van der Waals surface area contributed by atoms with E-state index in [0.717, 1.165) is 10.0 Å². The second-order valence-electron chi connectivity index (χ2n) is 4.21. The van der Waals surface area contributed by atoms with Crippen LogP contribution in [-0.4, -0.2) is 15.1 Å². The Labute approximate surface area is 124 Å². The Morgan fingerprint density at radius 3 is 2.60 bits per heavy atom. The van der Waals surface area contributed by atoms with E-state index >= 15 is 0 Å². The molecule has 0 bridgehead atoms. The third-order valence-electron chi connectivity index (χ3n) is 2.82. The van der Waals surface area contributed by atoms with Crippen LogP contribution < -0.4 is 5.73 Å². The lowest BCUT2D eigenvalue weighted by atomic mass is 10.1. The van der Waals surface area contributed by atoms with Crippen molar-refractivity contribution in [3.8, 4) is 11.5 Å². The maximum atomic E-state index is 6.11. The van der Waals surface area contributed by atoms with Gasteiger partial charge in [-0.3, -0.25) is 4.98 Å². The van der Waals surface area contributed by atoms with Gasteiger partial charge in [0.05, 0.1) is 0 Å². The topological polar surface area (TPSA) is 77.8 Å².